The third-order valence-electron chi connectivity index (χ3n) is 3.77. The number of rotatable bonds is 6. The van der Waals surface area contributed by atoms with Crippen LogP contribution in [0.1, 0.15) is 35.8 Å². The molecule has 0 saturated carbocycles. The molecular formula is C20H21N3O2. The second-order valence-electron chi connectivity index (χ2n) is 6.01. The minimum Gasteiger partial charge on any atom is -0.489 e. The van der Waals surface area contributed by atoms with E-state index in [1.54, 1.807) is 29.1 Å². The van der Waals surface area contributed by atoms with Gasteiger partial charge in [-0.2, -0.15) is 5.10 Å². The molecule has 1 N–H and O–H groups in total. The Morgan fingerprint density at radius 2 is 1.80 bits per heavy atom. The minimum atomic E-state index is -0.155. The number of carbonyl (C=O) groups excluding carboxylic acids is 1. The van der Waals surface area contributed by atoms with E-state index in [1.807, 2.05) is 56.3 Å². The van der Waals surface area contributed by atoms with Crippen LogP contribution in [0.4, 0.5) is 5.82 Å². The van der Waals surface area contributed by atoms with Crippen LogP contribution in [0.15, 0.2) is 66.9 Å². The molecule has 0 atom stereocenters. The van der Waals surface area contributed by atoms with Crippen LogP contribution in [0.25, 0.3) is 0 Å². The molecule has 1 heterocycles. The number of para-hydroxylation sites is 1. The molecule has 0 aliphatic rings. The molecule has 3 rings (SSSR count). The summed E-state index contributed by atoms with van der Waals surface area (Å²) in [5, 5.41) is 7.11. The van der Waals surface area contributed by atoms with Crippen molar-refractivity contribution in [2.75, 3.05) is 5.32 Å². The molecular weight excluding hydrogens is 314 g/mol. The Balaban J connectivity index is 1.61. The van der Waals surface area contributed by atoms with Gasteiger partial charge in [0.25, 0.3) is 5.91 Å². The molecule has 1 aromatic heterocycles. The van der Waals surface area contributed by atoms with E-state index in [2.05, 4.69) is 10.4 Å². The van der Waals surface area contributed by atoms with Crippen molar-refractivity contribution < 1.29 is 9.53 Å². The summed E-state index contributed by atoms with van der Waals surface area (Å²) in [6.07, 6.45) is 1.68. The fourth-order valence-electron chi connectivity index (χ4n) is 2.45. The van der Waals surface area contributed by atoms with Crippen LogP contribution >= 0.6 is 0 Å². The van der Waals surface area contributed by atoms with Crippen molar-refractivity contribution >= 4 is 11.7 Å². The van der Waals surface area contributed by atoms with Gasteiger partial charge in [0.2, 0.25) is 0 Å². The van der Waals surface area contributed by atoms with Crippen LogP contribution < -0.4 is 10.1 Å². The number of anilines is 1. The molecule has 0 spiro atoms. The maximum absolute atomic E-state index is 12.4. The summed E-state index contributed by atoms with van der Waals surface area (Å²) in [6.45, 7) is 4.50. The first kappa shape index (κ1) is 16.8. The molecule has 0 saturated heterocycles. The topological polar surface area (TPSA) is 56.2 Å². The van der Waals surface area contributed by atoms with E-state index >= 15 is 0 Å². The molecule has 0 radical (unpaired) electrons. The van der Waals surface area contributed by atoms with Gasteiger partial charge in [-0.05, 0) is 43.7 Å². The predicted molar refractivity (Wildman–Crippen MR) is 97.8 cm³/mol. The number of hydrogen-bond donors (Lipinski definition) is 1. The summed E-state index contributed by atoms with van der Waals surface area (Å²) in [4.78, 5) is 12.4. The maximum Gasteiger partial charge on any atom is 0.256 e. The Hall–Kier alpha value is -3.08. The van der Waals surface area contributed by atoms with E-state index < -0.39 is 0 Å². The lowest BCUT2D eigenvalue weighted by Crippen LogP contribution is -2.16. The summed E-state index contributed by atoms with van der Waals surface area (Å²) in [5.74, 6) is 1.36. The van der Waals surface area contributed by atoms with Gasteiger partial charge in [0.05, 0.1) is 6.20 Å². The fourth-order valence-corrected chi connectivity index (χ4v) is 2.45. The van der Waals surface area contributed by atoms with Crippen LogP contribution in [-0.2, 0) is 6.61 Å². The number of carbonyl (C=O) groups is 1. The number of amides is 1. The van der Waals surface area contributed by atoms with E-state index in [0.717, 1.165) is 11.3 Å². The molecule has 3 aromatic rings. The summed E-state index contributed by atoms with van der Waals surface area (Å²) >= 11 is 0. The smallest absolute Gasteiger partial charge is 0.256 e. The monoisotopic (exact) mass is 335 g/mol. The molecule has 25 heavy (non-hydrogen) atoms. The Labute approximate surface area is 147 Å². The number of aromatic nitrogens is 2. The van der Waals surface area contributed by atoms with Gasteiger partial charge >= 0.3 is 0 Å². The van der Waals surface area contributed by atoms with Gasteiger partial charge in [-0.3, -0.25) is 4.79 Å². The van der Waals surface area contributed by atoms with Crippen molar-refractivity contribution in [1.82, 2.24) is 9.78 Å². The first-order chi connectivity index (χ1) is 12.1. The van der Waals surface area contributed by atoms with Gasteiger partial charge in [-0.25, -0.2) is 4.68 Å². The van der Waals surface area contributed by atoms with Crippen molar-refractivity contribution in [3.05, 3.63) is 78.0 Å². The van der Waals surface area contributed by atoms with Crippen LogP contribution in [0.5, 0.6) is 5.75 Å². The van der Waals surface area contributed by atoms with Gasteiger partial charge in [0.15, 0.2) is 0 Å². The van der Waals surface area contributed by atoms with Crippen molar-refractivity contribution in [2.45, 2.75) is 26.5 Å². The third kappa shape index (κ3) is 4.26. The van der Waals surface area contributed by atoms with Crippen molar-refractivity contribution in [3.63, 3.8) is 0 Å². The van der Waals surface area contributed by atoms with Crippen molar-refractivity contribution in [3.8, 4) is 5.75 Å². The second-order valence-corrected chi connectivity index (χ2v) is 6.01. The zero-order valence-corrected chi connectivity index (χ0v) is 14.3. The van der Waals surface area contributed by atoms with Crippen molar-refractivity contribution in [1.29, 1.82) is 0 Å². The summed E-state index contributed by atoms with van der Waals surface area (Å²) in [6, 6.07) is 19.0. The maximum atomic E-state index is 12.4. The molecule has 0 unspecified atom stereocenters. The highest BCUT2D eigenvalue weighted by molar-refractivity contribution is 6.03. The highest BCUT2D eigenvalue weighted by atomic mass is 16.5. The zero-order valence-electron chi connectivity index (χ0n) is 14.3. The van der Waals surface area contributed by atoms with E-state index in [9.17, 15) is 4.79 Å². The molecule has 2 aromatic carbocycles. The standard InChI is InChI=1S/C20H21N3O2/c1-15(2)23-19(12-13-21-23)22-20(24)17-10-8-16(9-11-17)14-25-18-6-4-3-5-7-18/h3-13,15H,14H2,1-2H3,(H,22,24). The molecule has 5 nitrogen and oxygen atoms in total. The lowest BCUT2D eigenvalue weighted by atomic mass is 10.1. The summed E-state index contributed by atoms with van der Waals surface area (Å²) < 4.78 is 7.49. The quantitative estimate of drug-likeness (QED) is 0.731. The third-order valence-corrected chi connectivity index (χ3v) is 3.77. The van der Waals surface area contributed by atoms with Crippen LogP contribution in [0.2, 0.25) is 0 Å². The fraction of sp³-hybridized carbons (Fsp3) is 0.200. The van der Waals surface area contributed by atoms with E-state index in [0.29, 0.717) is 18.0 Å². The van der Waals surface area contributed by atoms with Gasteiger partial charge in [0, 0.05) is 17.7 Å². The summed E-state index contributed by atoms with van der Waals surface area (Å²) in [7, 11) is 0. The average molecular weight is 335 g/mol. The Bertz CT molecular complexity index is 824. The average Bonchev–Trinajstić information content (AvgIpc) is 3.09. The predicted octanol–water partition coefficient (Wildman–Crippen LogP) is 4.30. The number of hydrogen-bond acceptors (Lipinski definition) is 3. The minimum absolute atomic E-state index is 0.155. The summed E-state index contributed by atoms with van der Waals surface area (Å²) in [5.41, 5.74) is 1.60. The molecule has 0 fully saturated rings. The van der Waals surface area contributed by atoms with E-state index in [4.69, 9.17) is 4.74 Å². The molecule has 1 amide bonds. The molecule has 0 aliphatic heterocycles. The van der Waals surface area contributed by atoms with Crippen molar-refractivity contribution in [2.24, 2.45) is 0 Å². The van der Waals surface area contributed by atoms with Gasteiger partial charge in [-0.15, -0.1) is 0 Å². The SMILES string of the molecule is CC(C)n1nccc1NC(=O)c1ccc(COc2ccccc2)cc1. The van der Waals surface area contributed by atoms with E-state index in [-0.39, 0.29) is 11.9 Å². The Morgan fingerprint density at radius 3 is 2.48 bits per heavy atom. The highest BCUT2D eigenvalue weighted by Crippen LogP contribution is 2.16. The number of benzene rings is 2. The first-order valence-electron chi connectivity index (χ1n) is 8.25. The molecule has 0 aliphatic carbocycles. The molecule has 5 heteroatoms. The largest absolute Gasteiger partial charge is 0.489 e. The lowest BCUT2D eigenvalue weighted by molar-refractivity contribution is 0.102. The number of nitrogens with zero attached hydrogens (tertiary/aromatic N) is 2. The Morgan fingerprint density at radius 1 is 1.08 bits per heavy atom. The number of ether oxygens (including phenoxy) is 1. The van der Waals surface area contributed by atoms with Crippen LogP contribution in [0, 0.1) is 0 Å². The van der Waals surface area contributed by atoms with Crippen LogP contribution in [-0.4, -0.2) is 15.7 Å². The highest BCUT2D eigenvalue weighted by Gasteiger charge is 2.11. The normalized spacial score (nSPS) is 10.7. The molecule has 128 valence electrons. The lowest BCUT2D eigenvalue weighted by Gasteiger charge is -2.12. The molecule has 0 bridgehead atoms. The Kier molecular flexibility index (Phi) is 5.14. The zero-order chi connectivity index (χ0) is 17.6. The van der Waals surface area contributed by atoms with Gasteiger partial charge in [-0.1, -0.05) is 30.3 Å². The second kappa shape index (κ2) is 7.66. The number of nitrogens with one attached hydrogen (secondary N) is 1. The van der Waals surface area contributed by atoms with Crippen LogP contribution in [0.3, 0.4) is 0 Å². The van der Waals surface area contributed by atoms with Gasteiger partial charge < -0.3 is 10.1 Å². The van der Waals surface area contributed by atoms with E-state index in [1.165, 1.54) is 0 Å². The first-order valence-corrected chi connectivity index (χ1v) is 8.25. The van der Waals surface area contributed by atoms with Gasteiger partial charge in [0.1, 0.15) is 18.2 Å².